The fourth-order valence-corrected chi connectivity index (χ4v) is 1.26. The smallest absolute Gasteiger partial charge is 0.416 e. The lowest BCUT2D eigenvalue weighted by molar-refractivity contribution is -0.137. The van der Waals surface area contributed by atoms with E-state index in [0.29, 0.717) is 0 Å². The number of nitriles is 1. The molecule has 0 bridgehead atoms. The van der Waals surface area contributed by atoms with Gasteiger partial charge in [0.05, 0.1) is 18.0 Å². The number of benzene rings is 1. The summed E-state index contributed by atoms with van der Waals surface area (Å²) in [5.41, 5.74) is -0.634. The van der Waals surface area contributed by atoms with E-state index in [4.69, 9.17) is 10.00 Å². The predicted octanol–water partition coefficient (Wildman–Crippen LogP) is 3.16. The standard InChI is InChI=1S/C12H6F3N3O/c13-12(14,15)8-1-3-10(4-2-8)19-11-7-17-9(5-16)6-18-11/h1-4,6-7H. The molecule has 0 radical (unpaired) electrons. The Hall–Kier alpha value is -2.62. The summed E-state index contributed by atoms with van der Waals surface area (Å²) < 4.78 is 42.2. The molecule has 1 aromatic heterocycles. The highest BCUT2D eigenvalue weighted by molar-refractivity contribution is 5.31. The van der Waals surface area contributed by atoms with Gasteiger partial charge in [0.25, 0.3) is 0 Å². The minimum atomic E-state index is -4.38. The van der Waals surface area contributed by atoms with Crippen molar-refractivity contribution in [1.82, 2.24) is 9.97 Å². The number of halogens is 3. The van der Waals surface area contributed by atoms with Gasteiger partial charge in [0.15, 0.2) is 5.69 Å². The number of hydrogen-bond acceptors (Lipinski definition) is 4. The fourth-order valence-electron chi connectivity index (χ4n) is 1.26. The second kappa shape index (κ2) is 4.94. The molecule has 0 N–H and O–H groups in total. The number of ether oxygens (including phenoxy) is 1. The van der Waals surface area contributed by atoms with Gasteiger partial charge in [-0.25, -0.2) is 9.97 Å². The van der Waals surface area contributed by atoms with Crippen LogP contribution in [0.3, 0.4) is 0 Å². The van der Waals surface area contributed by atoms with E-state index in [1.54, 1.807) is 6.07 Å². The van der Waals surface area contributed by atoms with E-state index >= 15 is 0 Å². The molecule has 2 aromatic rings. The third-order valence-corrected chi connectivity index (χ3v) is 2.15. The van der Waals surface area contributed by atoms with Crippen molar-refractivity contribution in [2.75, 3.05) is 0 Å². The normalized spacial score (nSPS) is 10.8. The molecule has 1 aromatic carbocycles. The first-order chi connectivity index (χ1) is 8.99. The Morgan fingerprint density at radius 3 is 2.21 bits per heavy atom. The molecule has 0 spiro atoms. The molecule has 0 fully saturated rings. The fraction of sp³-hybridized carbons (Fsp3) is 0.0833. The molecule has 0 aliphatic rings. The third-order valence-electron chi connectivity index (χ3n) is 2.15. The summed E-state index contributed by atoms with van der Waals surface area (Å²) in [6.07, 6.45) is -1.96. The van der Waals surface area contributed by atoms with E-state index in [2.05, 4.69) is 9.97 Å². The summed E-state index contributed by atoms with van der Waals surface area (Å²) in [4.78, 5) is 7.51. The third kappa shape index (κ3) is 3.19. The molecule has 0 atom stereocenters. The van der Waals surface area contributed by atoms with Crippen molar-refractivity contribution >= 4 is 0 Å². The van der Waals surface area contributed by atoms with Gasteiger partial charge < -0.3 is 4.74 Å². The number of hydrogen-bond donors (Lipinski definition) is 0. The SMILES string of the molecule is N#Cc1cnc(Oc2ccc(C(F)(F)F)cc2)cn1. The largest absolute Gasteiger partial charge is 0.438 e. The predicted molar refractivity (Wildman–Crippen MR) is 58.3 cm³/mol. The lowest BCUT2D eigenvalue weighted by atomic mass is 10.2. The van der Waals surface area contributed by atoms with Gasteiger partial charge in [-0.2, -0.15) is 18.4 Å². The molecule has 1 heterocycles. The highest BCUT2D eigenvalue weighted by atomic mass is 19.4. The molecular weight excluding hydrogens is 259 g/mol. The maximum absolute atomic E-state index is 12.3. The van der Waals surface area contributed by atoms with Crippen LogP contribution in [0.1, 0.15) is 11.3 Å². The molecule has 96 valence electrons. The van der Waals surface area contributed by atoms with Crippen molar-refractivity contribution in [3.63, 3.8) is 0 Å². The lowest BCUT2D eigenvalue weighted by Crippen LogP contribution is -2.04. The summed E-state index contributed by atoms with van der Waals surface area (Å²) >= 11 is 0. The van der Waals surface area contributed by atoms with Crippen LogP contribution >= 0.6 is 0 Å². The molecule has 0 aliphatic heterocycles. The van der Waals surface area contributed by atoms with Crippen LogP contribution in [0.4, 0.5) is 13.2 Å². The Bertz CT molecular complexity index is 600. The first kappa shape index (κ1) is 12.8. The van der Waals surface area contributed by atoms with Crippen molar-refractivity contribution in [2.45, 2.75) is 6.18 Å². The van der Waals surface area contributed by atoms with Gasteiger partial charge in [0, 0.05) is 0 Å². The highest BCUT2D eigenvalue weighted by Gasteiger charge is 2.30. The van der Waals surface area contributed by atoms with E-state index in [1.807, 2.05) is 0 Å². The second-order valence-electron chi connectivity index (χ2n) is 3.48. The van der Waals surface area contributed by atoms with E-state index < -0.39 is 11.7 Å². The highest BCUT2D eigenvalue weighted by Crippen LogP contribution is 2.30. The Morgan fingerprint density at radius 2 is 1.74 bits per heavy atom. The molecule has 0 saturated heterocycles. The molecule has 7 heteroatoms. The minimum Gasteiger partial charge on any atom is -0.438 e. The lowest BCUT2D eigenvalue weighted by Gasteiger charge is -2.08. The van der Waals surface area contributed by atoms with Crippen molar-refractivity contribution in [1.29, 1.82) is 5.26 Å². The van der Waals surface area contributed by atoms with Crippen LogP contribution < -0.4 is 4.74 Å². The van der Waals surface area contributed by atoms with E-state index in [0.717, 1.165) is 12.1 Å². The summed E-state index contributed by atoms with van der Waals surface area (Å²) in [6, 6.07) is 5.97. The van der Waals surface area contributed by atoms with Crippen molar-refractivity contribution in [3.8, 4) is 17.7 Å². The number of alkyl halides is 3. The quantitative estimate of drug-likeness (QED) is 0.836. The van der Waals surface area contributed by atoms with Gasteiger partial charge in [0.2, 0.25) is 5.88 Å². The second-order valence-corrected chi connectivity index (χ2v) is 3.48. The van der Waals surface area contributed by atoms with Crippen LogP contribution in [0.5, 0.6) is 11.6 Å². The van der Waals surface area contributed by atoms with Crippen LogP contribution in [-0.4, -0.2) is 9.97 Å². The van der Waals surface area contributed by atoms with Gasteiger partial charge in [-0.1, -0.05) is 0 Å². The Morgan fingerprint density at radius 1 is 1.05 bits per heavy atom. The molecule has 0 saturated carbocycles. The van der Waals surface area contributed by atoms with Crippen LogP contribution in [-0.2, 0) is 6.18 Å². The zero-order chi connectivity index (χ0) is 13.9. The molecule has 2 rings (SSSR count). The number of nitrogens with zero attached hydrogens (tertiary/aromatic N) is 3. The Kier molecular flexibility index (Phi) is 3.33. The maximum Gasteiger partial charge on any atom is 0.416 e. The van der Waals surface area contributed by atoms with Gasteiger partial charge in [-0.3, -0.25) is 0 Å². The van der Waals surface area contributed by atoms with Gasteiger partial charge >= 0.3 is 6.18 Å². The average Bonchev–Trinajstić information content (AvgIpc) is 2.39. The van der Waals surface area contributed by atoms with Crippen molar-refractivity contribution in [2.24, 2.45) is 0 Å². The number of rotatable bonds is 2. The van der Waals surface area contributed by atoms with Crippen molar-refractivity contribution < 1.29 is 17.9 Å². The Labute approximate surface area is 106 Å². The van der Waals surface area contributed by atoms with Crippen LogP contribution in [0, 0.1) is 11.3 Å². The van der Waals surface area contributed by atoms with Gasteiger partial charge in [0.1, 0.15) is 11.8 Å². The maximum atomic E-state index is 12.3. The summed E-state index contributed by atoms with van der Waals surface area (Å²) in [7, 11) is 0. The first-order valence-electron chi connectivity index (χ1n) is 5.06. The zero-order valence-corrected chi connectivity index (χ0v) is 9.35. The molecular formula is C12H6F3N3O. The minimum absolute atomic E-state index is 0.0961. The van der Waals surface area contributed by atoms with Gasteiger partial charge in [-0.15, -0.1) is 0 Å². The number of aromatic nitrogens is 2. The Balaban J connectivity index is 2.13. The van der Waals surface area contributed by atoms with E-state index in [9.17, 15) is 13.2 Å². The van der Waals surface area contributed by atoms with Crippen LogP contribution in [0.2, 0.25) is 0 Å². The molecule has 4 nitrogen and oxygen atoms in total. The van der Waals surface area contributed by atoms with Crippen molar-refractivity contribution in [3.05, 3.63) is 47.9 Å². The van der Waals surface area contributed by atoms with Gasteiger partial charge in [-0.05, 0) is 24.3 Å². The van der Waals surface area contributed by atoms with Crippen LogP contribution in [0.15, 0.2) is 36.7 Å². The zero-order valence-electron chi connectivity index (χ0n) is 9.35. The summed E-state index contributed by atoms with van der Waals surface area (Å²) in [5, 5.41) is 8.53. The molecule has 0 aliphatic carbocycles. The summed E-state index contributed by atoms with van der Waals surface area (Å²) in [5.74, 6) is 0.297. The molecule has 0 unspecified atom stereocenters. The summed E-state index contributed by atoms with van der Waals surface area (Å²) in [6.45, 7) is 0. The topological polar surface area (TPSA) is 58.8 Å². The average molecular weight is 265 g/mol. The van der Waals surface area contributed by atoms with Crippen LogP contribution in [0.25, 0.3) is 0 Å². The monoisotopic (exact) mass is 265 g/mol. The first-order valence-corrected chi connectivity index (χ1v) is 5.06. The molecule has 0 amide bonds. The van der Waals surface area contributed by atoms with E-state index in [1.165, 1.54) is 24.5 Å². The molecule has 19 heavy (non-hydrogen) atoms. The van der Waals surface area contributed by atoms with E-state index in [-0.39, 0.29) is 17.3 Å².